The minimum absolute atomic E-state index is 0.0101. The van der Waals surface area contributed by atoms with Gasteiger partial charge in [-0.2, -0.15) is 0 Å². The van der Waals surface area contributed by atoms with Crippen molar-refractivity contribution < 1.29 is 14.2 Å². The van der Waals surface area contributed by atoms with Crippen molar-refractivity contribution in [1.82, 2.24) is 15.0 Å². The largest absolute Gasteiger partial charge is 0.360 e. The molecule has 0 spiro atoms. The van der Waals surface area contributed by atoms with Gasteiger partial charge < -0.3 is 9.42 Å². The molecular formula is C18H20N4O4. The number of benzene rings is 1. The molecule has 1 aliphatic rings. The van der Waals surface area contributed by atoms with Crippen LogP contribution in [0.3, 0.4) is 0 Å². The molecule has 1 amide bonds. The Morgan fingerprint density at radius 3 is 2.73 bits per heavy atom. The SMILES string of the molecule is Cc1cc(CN2CCN(C(=O)/C=C/c3cccc([N+](=O)[O-])c3)CC2)on1. The topological polar surface area (TPSA) is 92.7 Å². The normalized spacial score (nSPS) is 15.5. The number of non-ortho nitro benzene ring substituents is 1. The zero-order valence-electron chi connectivity index (χ0n) is 14.5. The van der Waals surface area contributed by atoms with Crippen LogP contribution in [0, 0.1) is 17.0 Å². The number of aryl methyl sites for hydroxylation is 1. The molecule has 136 valence electrons. The molecule has 0 aliphatic carbocycles. The van der Waals surface area contributed by atoms with Gasteiger partial charge in [0.25, 0.3) is 5.69 Å². The molecule has 0 atom stereocenters. The molecule has 0 unspecified atom stereocenters. The number of nitro benzene ring substituents is 1. The van der Waals surface area contributed by atoms with Crippen LogP contribution >= 0.6 is 0 Å². The van der Waals surface area contributed by atoms with Gasteiger partial charge in [-0.1, -0.05) is 17.3 Å². The Kier molecular flexibility index (Phi) is 5.43. The molecule has 26 heavy (non-hydrogen) atoms. The fraction of sp³-hybridized carbons (Fsp3) is 0.333. The highest BCUT2D eigenvalue weighted by molar-refractivity contribution is 5.91. The van der Waals surface area contributed by atoms with E-state index in [1.807, 2.05) is 13.0 Å². The van der Waals surface area contributed by atoms with Gasteiger partial charge >= 0.3 is 0 Å². The summed E-state index contributed by atoms with van der Waals surface area (Å²) in [4.78, 5) is 26.6. The van der Waals surface area contributed by atoms with E-state index in [9.17, 15) is 14.9 Å². The summed E-state index contributed by atoms with van der Waals surface area (Å²) in [5, 5.41) is 14.7. The van der Waals surface area contributed by atoms with E-state index >= 15 is 0 Å². The van der Waals surface area contributed by atoms with E-state index in [2.05, 4.69) is 10.1 Å². The van der Waals surface area contributed by atoms with Gasteiger partial charge in [0.05, 0.1) is 17.2 Å². The van der Waals surface area contributed by atoms with Crippen LogP contribution in [0.5, 0.6) is 0 Å². The third-order valence-corrected chi connectivity index (χ3v) is 4.24. The summed E-state index contributed by atoms with van der Waals surface area (Å²) < 4.78 is 5.22. The van der Waals surface area contributed by atoms with Crippen molar-refractivity contribution in [1.29, 1.82) is 0 Å². The molecule has 1 aliphatic heterocycles. The smallest absolute Gasteiger partial charge is 0.270 e. The predicted molar refractivity (Wildman–Crippen MR) is 95.2 cm³/mol. The molecule has 8 heteroatoms. The number of carbonyl (C=O) groups excluding carboxylic acids is 1. The maximum absolute atomic E-state index is 12.3. The maximum atomic E-state index is 12.3. The van der Waals surface area contributed by atoms with Crippen LogP contribution in [-0.4, -0.2) is 52.0 Å². The van der Waals surface area contributed by atoms with Crippen LogP contribution in [0.4, 0.5) is 5.69 Å². The monoisotopic (exact) mass is 356 g/mol. The molecule has 3 rings (SSSR count). The van der Waals surface area contributed by atoms with E-state index < -0.39 is 4.92 Å². The molecule has 2 heterocycles. The third-order valence-electron chi connectivity index (χ3n) is 4.24. The average molecular weight is 356 g/mol. The first kappa shape index (κ1) is 17.8. The highest BCUT2D eigenvalue weighted by Crippen LogP contribution is 2.15. The van der Waals surface area contributed by atoms with Gasteiger partial charge in [0.15, 0.2) is 5.76 Å². The van der Waals surface area contributed by atoms with E-state index in [1.54, 1.807) is 23.1 Å². The van der Waals surface area contributed by atoms with E-state index in [0.29, 0.717) is 25.2 Å². The van der Waals surface area contributed by atoms with Gasteiger partial charge in [0.1, 0.15) is 0 Å². The molecule has 0 saturated carbocycles. The van der Waals surface area contributed by atoms with Crippen LogP contribution in [0.25, 0.3) is 6.08 Å². The Labute approximate surface area is 150 Å². The van der Waals surface area contributed by atoms with Gasteiger partial charge in [0, 0.05) is 50.5 Å². The number of amides is 1. The van der Waals surface area contributed by atoms with Gasteiger partial charge in [-0.25, -0.2) is 0 Å². The Hall–Kier alpha value is -3.00. The number of rotatable bonds is 5. The van der Waals surface area contributed by atoms with E-state index in [1.165, 1.54) is 18.2 Å². The lowest BCUT2D eigenvalue weighted by Crippen LogP contribution is -2.47. The maximum Gasteiger partial charge on any atom is 0.270 e. The zero-order valence-corrected chi connectivity index (χ0v) is 14.5. The molecule has 2 aromatic rings. The summed E-state index contributed by atoms with van der Waals surface area (Å²) in [6.45, 7) is 5.35. The Bertz CT molecular complexity index is 822. The summed E-state index contributed by atoms with van der Waals surface area (Å²) >= 11 is 0. The standard InChI is InChI=1S/C18H20N4O4/c1-14-11-17(26-19-14)13-20-7-9-21(10-8-20)18(23)6-5-15-3-2-4-16(12-15)22(24)25/h2-6,11-12H,7-10,13H2,1H3/b6-5+. The number of aromatic nitrogens is 1. The van der Waals surface area contributed by atoms with Crippen molar-refractivity contribution in [2.75, 3.05) is 26.2 Å². The number of hydrogen-bond donors (Lipinski definition) is 0. The number of hydrogen-bond acceptors (Lipinski definition) is 6. The van der Waals surface area contributed by atoms with Crippen molar-refractivity contribution in [2.24, 2.45) is 0 Å². The Balaban J connectivity index is 1.52. The van der Waals surface area contributed by atoms with E-state index in [-0.39, 0.29) is 11.6 Å². The molecular weight excluding hydrogens is 336 g/mol. The quantitative estimate of drug-likeness (QED) is 0.463. The average Bonchev–Trinajstić information content (AvgIpc) is 3.05. The van der Waals surface area contributed by atoms with Gasteiger partial charge in [0.2, 0.25) is 5.91 Å². The second kappa shape index (κ2) is 7.92. The first-order chi connectivity index (χ1) is 12.5. The molecule has 8 nitrogen and oxygen atoms in total. The second-order valence-electron chi connectivity index (χ2n) is 6.22. The van der Waals surface area contributed by atoms with Gasteiger partial charge in [-0.15, -0.1) is 0 Å². The minimum Gasteiger partial charge on any atom is -0.360 e. The van der Waals surface area contributed by atoms with Gasteiger partial charge in [-0.3, -0.25) is 19.8 Å². The summed E-state index contributed by atoms with van der Waals surface area (Å²) in [7, 11) is 0. The first-order valence-electron chi connectivity index (χ1n) is 8.37. The van der Waals surface area contributed by atoms with Crippen LogP contribution in [0.2, 0.25) is 0 Å². The van der Waals surface area contributed by atoms with E-state index in [4.69, 9.17) is 4.52 Å². The molecule has 1 aromatic heterocycles. The summed E-state index contributed by atoms with van der Waals surface area (Å²) in [6.07, 6.45) is 3.08. The lowest BCUT2D eigenvalue weighted by molar-refractivity contribution is -0.384. The second-order valence-corrected chi connectivity index (χ2v) is 6.22. The van der Waals surface area contributed by atoms with E-state index in [0.717, 1.165) is 24.5 Å². The first-order valence-corrected chi connectivity index (χ1v) is 8.37. The molecule has 0 bridgehead atoms. The summed E-state index contributed by atoms with van der Waals surface area (Å²) in [5.41, 5.74) is 1.50. The van der Waals surface area contributed by atoms with Crippen molar-refractivity contribution in [3.05, 3.63) is 63.5 Å². The molecule has 1 aromatic carbocycles. The highest BCUT2D eigenvalue weighted by atomic mass is 16.6. The fourth-order valence-electron chi connectivity index (χ4n) is 2.85. The number of carbonyl (C=O) groups is 1. The number of nitro groups is 1. The number of nitrogens with zero attached hydrogens (tertiary/aromatic N) is 4. The van der Waals surface area contributed by atoms with Crippen LogP contribution in [0.15, 0.2) is 40.9 Å². The van der Waals surface area contributed by atoms with Crippen molar-refractivity contribution in [3.8, 4) is 0 Å². The zero-order chi connectivity index (χ0) is 18.5. The van der Waals surface area contributed by atoms with Crippen LogP contribution in [0.1, 0.15) is 17.0 Å². The van der Waals surface area contributed by atoms with Gasteiger partial charge in [-0.05, 0) is 18.6 Å². The van der Waals surface area contributed by atoms with Crippen molar-refractivity contribution >= 4 is 17.7 Å². The lowest BCUT2D eigenvalue weighted by atomic mass is 10.2. The van der Waals surface area contributed by atoms with Crippen LogP contribution < -0.4 is 0 Å². The van der Waals surface area contributed by atoms with Crippen molar-refractivity contribution in [3.63, 3.8) is 0 Å². The Morgan fingerprint density at radius 2 is 2.08 bits per heavy atom. The minimum atomic E-state index is -0.450. The van der Waals surface area contributed by atoms with Crippen molar-refractivity contribution in [2.45, 2.75) is 13.5 Å². The predicted octanol–water partition coefficient (Wildman–Crippen LogP) is 2.25. The number of piperazine rings is 1. The molecule has 1 fully saturated rings. The van der Waals surface area contributed by atoms with Crippen LogP contribution in [-0.2, 0) is 11.3 Å². The fourth-order valence-corrected chi connectivity index (χ4v) is 2.85. The summed E-state index contributed by atoms with van der Waals surface area (Å²) in [6, 6.07) is 8.12. The molecule has 0 radical (unpaired) electrons. The Morgan fingerprint density at radius 1 is 1.31 bits per heavy atom. The summed E-state index contributed by atoms with van der Waals surface area (Å²) in [5.74, 6) is 0.736. The molecule has 0 N–H and O–H groups in total. The third kappa shape index (κ3) is 4.54. The highest BCUT2D eigenvalue weighted by Gasteiger charge is 2.20. The lowest BCUT2D eigenvalue weighted by Gasteiger charge is -2.33. The molecule has 1 saturated heterocycles.